The van der Waals surface area contributed by atoms with Crippen LogP contribution in [0.3, 0.4) is 0 Å². The maximum atomic E-state index is 2.41. The lowest BCUT2D eigenvalue weighted by Crippen LogP contribution is -2.17. The molecule has 0 saturated heterocycles. The Kier molecular flexibility index (Phi) is 10.1. The summed E-state index contributed by atoms with van der Waals surface area (Å²) in [5.41, 5.74) is 17.3. The molecule has 0 N–H and O–H groups in total. The predicted octanol–water partition coefficient (Wildman–Crippen LogP) is 16.9. The van der Waals surface area contributed by atoms with E-state index >= 15 is 0 Å². The molecule has 0 aliphatic heterocycles. The molecule has 9 rings (SSSR count). The Balaban J connectivity index is 1.01. The fourth-order valence-electron chi connectivity index (χ4n) is 8.92. The molecule has 0 saturated carbocycles. The van der Waals surface area contributed by atoms with Crippen LogP contribution in [0.1, 0.15) is 88.8 Å². The number of hydrogen-bond donors (Lipinski definition) is 0. The first-order valence-corrected chi connectivity index (χ1v) is 21.7. The second kappa shape index (κ2) is 15.4. The van der Waals surface area contributed by atoms with Crippen LogP contribution < -0.4 is 9.80 Å². The molecule has 2 nitrogen and oxygen atoms in total. The van der Waals surface area contributed by atoms with Gasteiger partial charge in [-0.25, -0.2) is 0 Å². The summed E-state index contributed by atoms with van der Waals surface area (Å²) in [6, 6.07) is 67.2. The summed E-state index contributed by atoms with van der Waals surface area (Å²) in [5.74, 6) is 0. The summed E-state index contributed by atoms with van der Waals surface area (Å²) in [4.78, 5) is 4.75. The maximum Gasteiger partial charge on any atom is 0.0468 e. The van der Waals surface area contributed by atoms with Crippen molar-refractivity contribution in [3.8, 4) is 11.1 Å². The number of fused-ring (bicyclic) bond motifs is 4. The number of rotatable bonds is 8. The van der Waals surface area contributed by atoms with Crippen molar-refractivity contribution < 1.29 is 0 Å². The lowest BCUT2D eigenvalue weighted by molar-refractivity contribution is 0.590. The molecule has 8 aromatic rings. The van der Waals surface area contributed by atoms with Gasteiger partial charge in [0.25, 0.3) is 0 Å². The van der Waals surface area contributed by atoms with E-state index in [1.54, 1.807) is 0 Å². The minimum atomic E-state index is -0.0804. The molecule has 61 heavy (non-hydrogen) atoms. The zero-order chi connectivity index (χ0) is 42.5. The van der Waals surface area contributed by atoms with E-state index in [-0.39, 0.29) is 16.2 Å². The third-order valence-corrected chi connectivity index (χ3v) is 12.6. The van der Waals surface area contributed by atoms with Gasteiger partial charge in [0, 0.05) is 39.5 Å². The van der Waals surface area contributed by atoms with Crippen LogP contribution in [-0.2, 0) is 16.2 Å². The molecule has 2 heteroatoms. The van der Waals surface area contributed by atoms with Crippen LogP contribution in [0.25, 0.3) is 34.1 Å². The molecular formula is C59H56N2. The van der Waals surface area contributed by atoms with Crippen LogP contribution >= 0.6 is 0 Å². The van der Waals surface area contributed by atoms with Crippen molar-refractivity contribution in [3.05, 3.63) is 215 Å². The fourth-order valence-corrected chi connectivity index (χ4v) is 8.92. The van der Waals surface area contributed by atoms with E-state index in [4.69, 9.17) is 0 Å². The predicted molar refractivity (Wildman–Crippen MR) is 264 cm³/mol. The van der Waals surface area contributed by atoms with Crippen molar-refractivity contribution in [1.29, 1.82) is 0 Å². The second-order valence-corrected chi connectivity index (χ2v) is 19.2. The molecule has 302 valence electrons. The van der Waals surface area contributed by atoms with Crippen molar-refractivity contribution in [2.24, 2.45) is 0 Å². The SMILES string of the molecule is CC(C)(C)c1ccc(N(c2ccc(/C=C/c3ccc(N(c4ccc(C(C)(C)C)cc4)c4ccc5ccccc5c4)cc3)cc2)c2ccc3c(c2)C(C)(C)c2ccccc2-3)cc1. The van der Waals surface area contributed by atoms with E-state index in [0.717, 1.165) is 45.3 Å². The zero-order valence-corrected chi connectivity index (χ0v) is 36.9. The van der Waals surface area contributed by atoms with Gasteiger partial charge in [-0.15, -0.1) is 0 Å². The van der Waals surface area contributed by atoms with Gasteiger partial charge in [0.05, 0.1) is 0 Å². The molecule has 0 amide bonds. The van der Waals surface area contributed by atoms with Gasteiger partial charge < -0.3 is 9.80 Å². The Morgan fingerprint density at radius 3 is 1.26 bits per heavy atom. The van der Waals surface area contributed by atoms with Gasteiger partial charge in [0.15, 0.2) is 0 Å². The summed E-state index contributed by atoms with van der Waals surface area (Å²) in [7, 11) is 0. The first-order chi connectivity index (χ1) is 29.2. The van der Waals surface area contributed by atoms with Gasteiger partial charge in [-0.05, 0) is 139 Å². The highest BCUT2D eigenvalue weighted by Crippen LogP contribution is 2.50. The van der Waals surface area contributed by atoms with Crippen molar-refractivity contribution >= 4 is 57.0 Å². The van der Waals surface area contributed by atoms with Crippen LogP contribution in [0.4, 0.5) is 34.1 Å². The van der Waals surface area contributed by atoms with Crippen LogP contribution in [0.5, 0.6) is 0 Å². The van der Waals surface area contributed by atoms with E-state index in [1.807, 2.05) is 0 Å². The third-order valence-electron chi connectivity index (χ3n) is 12.6. The number of hydrogen-bond acceptors (Lipinski definition) is 2. The Hall–Kier alpha value is -6.64. The second-order valence-electron chi connectivity index (χ2n) is 19.2. The summed E-state index contributed by atoms with van der Waals surface area (Å²) < 4.78 is 0. The van der Waals surface area contributed by atoms with E-state index in [1.165, 1.54) is 44.2 Å². The molecule has 0 fully saturated rings. The summed E-state index contributed by atoms with van der Waals surface area (Å²) in [6.07, 6.45) is 4.42. The maximum absolute atomic E-state index is 2.41. The molecule has 0 bridgehead atoms. The van der Waals surface area contributed by atoms with Crippen molar-refractivity contribution in [1.82, 2.24) is 0 Å². The largest absolute Gasteiger partial charge is 0.310 e. The van der Waals surface area contributed by atoms with Crippen LogP contribution in [-0.4, -0.2) is 0 Å². The Morgan fingerprint density at radius 2 is 0.754 bits per heavy atom. The summed E-state index contributed by atoms with van der Waals surface area (Å²) in [5, 5.41) is 2.47. The van der Waals surface area contributed by atoms with Crippen molar-refractivity contribution in [3.63, 3.8) is 0 Å². The summed E-state index contributed by atoms with van der Waals surface area (Å²) in [6.45, 7) is 18.3. The zero-order valence-electron chi connectivity index (χ0n) is 36.9. The summed E-state index contributed by atoms with van der Waals surface area (Å²) >= 11 is 0. The molecule has 0 unspecified atom stereocenters. The highest BCUT2D eigenvalue weighted by atomic mass is 15.1. The van der Waals surface area contributed by atoms with Crippen LogP contribution in [0, 0.1) is 0 Å². The topological polar surface area (TPSA) is 6.48 Å². The molecule has 0 aromatic heterocycles. The molecule has 0 radical (unpaired) electrons. The Bertz CT molecular complexity index is 2860. The quantitative estimate of drug-likeness (QED) is 0.141. The number of nitrogens with zero attached hydrogens (tertiary/aromatic N) is 2. The van der Waals surface area contributed by atoms with Gasteiger partial charge in [0.1, 0.15) is 0 Å². The van der Waals surface area contributed by atoms with Crippen molar-refractivity contribution in [2.75, 3.05) is 9.80 Å². The van der Waals surface area contributed by atoms with E-state index in [9.17, 15) is 0 Å². The lowest BCUT2D eigenvalue weighted by Gasteiger charge is -2.29. The first kappa shape index (κ1) is 39.8. The van der Waals surface area contributed by atoms with Crippen molar-refractivity contribution in [2.45, 2.75) is 71.6 Å². The van der Waals surface area contributed by atoms with E-state index < -0.39 is 0 Å². The fraction of sp³-hybridized carbons (Fsp3) is 0.186. The minimum absolute atomic E-state index is 0.0794. The van der Waals surface area contributed by atoms with E-state index in [0.29, 0.717) is 0 Å². The third kappa shape index (κ3) is 7.80. The smallest absolute Gasteiger partial charge is 0.0468 e. The van der Waals surface area contributed by atoms with Gasteiger partial charge in [0.2, 0.25) is 0 Å². The van der Waals surface area contributed by atoms with Gasteiger partial charge in [-0.1, -0.05) is 177 Å². The number of anilines is 6. The molecule has 0 atom stereocenters. The van der Waals surface area contributed by atoms with Gasteiger partial charge in [-0.3, -0.25) is 0 Å². The number of benzene rings is 8. The normalized spacial score (nSPS) is 13.3. The molecule has 8 aromatic carbocycles. The molecular weight excluding hydrogens is 737 g/mol. The molecule has 0 heterocycles. The Labute approximate surface area is 363 Å². The first-order valence-electron chi connectivity index (χ1n) is 21.7. The van der Waals surface area contributed by atoms with Crippen LogP contribution in [0.2, 0.25) is 0 Å². The average molecular weight is 793 g/mol. The van der Waals surface area contributed by atoms with Gasteiger partial charge in [-0.2, -0.15) is 0 Å². The minimum Gasteiger partial charge on any atom is -0.310 e. The highest BCUT2D eigenvalue weighted by Gasteiger charge is 2.35. The standard InChI is InChI=1S/C59H56N2/c1-57(2,3)45-24-33-49(34-25-45)60(51-32-23-43-13-9-10-14-44(43)39-51)47-28-19-41(20-29-47)17-18-42-21-30-48(31-22-42)61(50-35-26-46(27-36-50)58(4,5)6)52-37-38-54-53-15-11-12-16-55(53)59(7,8)56(54)40-52/h9-40H,1-8H3/b18-17+. The van der Waals surface area contributed by atoms with E-state index in [2.05, 4.69) is 259 Å². The monoisotopic (exact) mass is 792 g/mol. The highest BCUT2D eigenvalue weighted by molar-refractivity contribution is 5.90. The van der Waals surface area contributed by atoms with Crippen LogP contribution in [0.15, 0.2) is 182 Å². The Morgan fingerprint density at radius 1 is 0.361 bits per heavy atom. The average Bonchev–Trinajstić information content (AvgIpc) is 3.49. The molecule has 1 aliphatic rings. The van der Waals surface area contributed by atoms with Gasteiger partial charge >= 0.3 is 0 Å². The molecule has 1 aliphatic carbocycles. The lowest BCUT2D eigenvalue weighted by atomic mass is 9.82. The molecule has 0 spiro atoms.